The van der Waals surface area contributed by atoms with E-state index in [0.29, 0.717) is 12.1 Å². The summed E-state index contributed by atoms with van der Waals surface area (Å²) in [5, 5.41) is 1.12. The zero-order valence-corrected chi connectivity index (χ0v) is 18.8. The number of carbonyl (C=O) groups is 2. The molecule has 164 valence electrons. The van der Waals surface area contributed by atoms with Crippen LogP contribution in [0.2, 0.25) is 0 Å². The Kier molecular flexibility index (Phi) is 5.18. The molecule has 6 nitrogen and oxygen atoms in total. The van der Waals surface area contributed by atoms with E-state index in [0.717, 1.165) is 36.0 Å². The van der Waals surface area contributed by atoms with Crippen LogP contribution in [0.5, 0.6) is 0 Å². The summed E-state index contributed by atoms with van der Waals surface area (Å²) < 4.78 is 1.75. The lowest BCUT2D eigenvalue weighted by Gasteiger charge is -2.40. The van der Waals surface area contributed by atoms with Gasteiger partial charge in [-0.15, -0.1) is 0 Å². The Balaban J connectivity index is 1.61. The van der Waals surface area contributed by atoms with Gasteiger partial charge in [0.05, 0.1) is 17.0 Å². The molecule has 5 rings (SSSR count). The molecule has 1 amide bonds. The van der Waals surface area contributed by atoms with Crippen LogP contribution in [0.1, 0.15) is 35.3 Å². The van der Waals surface area contributed by atoms with Gasteiger partial charge in [0.1, 0.15) is 0 Å². The van der Waals surface area contributed by atoms with Crippen LogP contribution in [0.15, 0.2) is 55.0 Å². The van der Waals surface area contributed by atoms with Crippen molar-refractivity contribution in [1.82, 2.24) is 19.4 Å². The number of rotatable bonds is 4. The third kappa shape index (κ3) is 3.17. The Hall–Kier alpha value is -3.25. The highest BCUT2D eigenvalue weighted by Gasteiger charge is 2.37. The van der Waals surface area contributed by atoms with Crippen molar-refractivity contribution in [2.24, 2.45) is 5.92 Å². The number of benzene rings is 1. The topological polar surface area (TPSA) is 58.4 Å². The van der Waals surface area contributed by atoms with Gasteiger partial charge in [0.2, 0.25) is 5.91 Å². The van der Waals surface area contributed by atoms with Gasteiger partial charge in [-0.1, -0.05) is 18.2 Å². The molecule has 0 N–H and O–H groups in total. The van der Waals surface area contributed by atoms with Crippen LogP contribution in [-0.2, 0) is 11.2 Å². The number of aromatic nitrogens is 2. The second-order valence-electron chi connectivity index (χ2n) is 8.67. The van der Waals surface area contributed by atoms with Crippen LogP contribution in [0.3, 0.4) is 0 Å². The Morgan fingerprint density at radius 2 is 1.97 bits per heavy atom. The van der Waals surface area contributed by atoms with E-state index in [2.05, 4.69) is 29.1 Å². The Morgan fingerprint density at radius 3 is 2.69 bits per heavy atom. The standard InChI is InChI=1S/C26H28N4O2/c1-4-29(5-2)25(31)19-12-21-20-9-6-10-22-24(20)18(13-23(21)28(3)15-19)16-30(22)26(32)17-8-7-11-27-14-17/h6-12,14,16,19,23H,4-5,13,15H2,1-3H3/t19-,23-/m1/s1. The molecule has 0 saturated heterocycles. The molecule has 1 aliphatic carbocycles. The maximum atomic E-state index is 13.2. The Morgan fingerprint density at radius 1 is 1.16 bits per heavy atom. The number of pyridine rings is 1. The third-order valence-electron chi connectivity index (χ3n) is 6.91. The first-order valence-corrected chi connectivity index (χ1v) is 11.3. The predicted molar refractivity (Wildman–Crippen MR) is 125 cm³/mol. The smallest absolute Gasteiger partial charge is 0.263 e. The van der Waals surface area contributed by atoms with E-state index in [-0.39, 0.29) is 23.8 Å². The normalized spacial score (nSPS) is 20.0. The lowest BCUT2D eigenvalue weighted by atomic mass is 9.79. The summed E-state index contributed by atoms with van der Waals surface area (Å²) in [6.07, 6.45) is 8.28. The Labute approximate surface area is 188 Å². The molecule has 6 heteroatoms. The second-order valence-corrected chi connectivity index (χ2v) is 8.67. The fraction of sp³-hybridized carbons (Fsp3) is 0.346. The molecule has 2 atom stereocenters. The van der Waals surface area contributed by atoms with Gasteiger partial charge in [0.15, 0.2) is 0 Å². The van der Waals surface area contributed by atoms with E-state index in [4.69, 9.17) is 0 Å². The number of hydrogen-bond acceptors (Lipinski definition) is 4. The average molecular weight is 429 g/mol. The van der Waals surface area contributed by atoms with Gasteiger partial charge < -0.3 is 4.90 Å². The molecule has 2 aliphatic rings. The maximum absolute atomic E-state index is 13.2. The second kappa shape index (κ2) is 8.02. The summed E-state index contributed by atoms with van der Waals surface area (Å²) in [6, 6.07) is 9.92. The van der Waals surface area contributed by atoms with Crippen LogP contribution in [0, 0.1) is 5.92 Å². The molecule has 32 heavy (non-hydrogen) atoms. The number of amides is 1. The van der Waals surface area contributed by atoms with Crippen LogP contribution in [0.4, 0.5) is 0 Å². The van der Waals surface area contributed by atoms with Crippen molar-refractivity contribution < 1.29 is 9.59 Å². The van der Waals surface area contributed by atoms with E-state index in [9.17, 15) is 9.59 Å². The van der Waals surface area contributed by atoms with E-state index in [1.807, 2.05) is 37.1 Å². The predicted octanol–water partition coefficient (Wildman–Crippen LogP) is 3.46. The minimum absolute atomic E-state index is 0.0757. The molecule has 0 saturated carbocycles. The summed E-state index contributed by atoms with van der Waals surface area (Å²) in [4.78, 5) is 34.7. The van der Waals surface area contributed by atoms with Gasteiger partial charge in [0.25, 0.3) is 5.91 Å². The monoisotopic (exact) mass is 428 g/mol. The number of carbonyl (C=O) groups excluding carboxylic acids is 2. The van der Waals surface area contributed by atoms with E-state index in [1.165, 1.54) is 11.1 Å². The van der Waals surface area contributed by atoms with Gasteiger partial charge in [-0.25, -0.2) is 0 Å². The van der Waals surface area contributed by atoms with Crippen molar-refractivity contribution >= 4 is 28.3 Å². The third-order valence-corrected chi connectivity index (χ3v) is 6.91. The summed E-state index contributed by atoms with van der Waals surface area (Å²) >= 11 is 0. The summed E-state index contributed by atoms with van der Waals surface area (Å²) in [5.41, 5.74) is 4.99. The zero-order valence-electron chi connectivity index (χ0n) is 18.8. The number of hydrogen-bond donors (Lipinski definition) is 0. The van der Waals surface area contributed by atoms with Crippen molar-refractivity contribution in [1.29, 1.82) is 0 Å². The maximum Gasteiger partial charge on any atom is 0.263 e. The molecule has 1 aromatic carbocycles. The van der Waals surface area contributed by atoms with Crippen molar-refractivity contribution in [3.8, 4) is 0 Å². The van der Waals surface area contributed by atoms with E-state index in [1.54, 1.807) is 29.1 Å². The molecule has 0 unspecified atom stereocenters. The summed E-state index contributed by atoms with van der Waals surface area (Å²) in [7, 11) is 2.10. The molecule has 0 radical (unpaired) electrons. The minimum atomic E-state index is -0.151. The van der Waals surface area contributed by atoms with Gasteiger partial charge in [0, 0.05) is 49.7 Å². The highest BCUT2D eigenvalue weighted by Crippen LogP contribution is 2.42. The quantitative estimate of drug-likeness (QED) is 0.639. The molecule has 2 aromatic heterocycles. The van der Waals surface area contributed by atoms with Crippen LogP contribution >= 0.6 is 0 Å². The van der Waals surface area contributed by atoms with Gasteiger partial charge in [-0.2, -0.15) is 0 Å². The molecule has 3 heterocycles. The molecule has 0 spiro atoms. The van der Waals surface area contributed by atoms with Gasteiger partial charge >= 0.3 is 0 Å². The molecule has 3 aromatic rings. The SMILES string of the molecule is CCN(CC)C(=O)[C@@H]1C=C2c3cccc4c3c(cn4C(=O)c3cccnc3)C[C@H]2N(C)C1. The van der Waals surface area contributed by atoms with Gasteiger partial charge in [-0.05, 0) is 62.2 Å². The molecular formula is C26H28N4O2. The van der Waals surface area contributed by atoms with Crippen LogP contribution in [-0.4, -0.2) is 63.9 Å². The fourth-order valence-electron chi connectivity index (χ4n) is 5.28. The lowest BCUT2D eigenvalue weighted by molar-refractivity contribution is -0.134. The van der Waals surface area contributed by atoms with Gasteiger partial charge in [-0.3, -0.25) is 24.0 Å². The molecule has 0 fully saturated rings. The summed E-state index contributed by atoms with van der Waals surface area (Å²) in [6.45, 7) is 6.21. The lowest BCUT2D eigenvalue weighted by Crippen LogP contribution is -2.47. The Bertz CT molecular complexity index is 1220. The number of nitrogens with zero attached hydrogens (tertiary/aromatic N) is 4. The number of fused-ring (bicyclic) bond motifs is 2. The van der Waals surface area contributed by atoms with E-state index >= 15 is 0 Å². The highest BCUT2D eigenvalue weighted by molar-refractivity contribution is 6.07. The van der Waals surface area contributed by atoms with Crippen molar-refractivity contribution in [2.45, 2.75) is 26.3 Å². The first-order valence-electron chi connectivity index (χ1n) is 11.3. The average Bonchev–Trinajstić information content (AvgIpc) is 3.20. The first kappa shape index (κ1) is 20.6. The largest absolute Gasteiger partial charge is 0.343 e. The first-order chi connectivity index (χ1) is 15.5. The molecule has 0 bridgehead atoms. The zero-order chi connectivity index (χ0) is 22.4. The highest BCUT2D eigenvalue weighted by atomic mass is 16.2. The molecule has 1 aliphatic heterocycles. The fourth-order valence-corrected chi connectivity index (χ4v) is 5.28. The van der Waals surface area contributed by atoms with Crippen molar-refractivity contribution in [3.63, 3.8) is 0 Å². The van der Waals surface area contributed by atoms with E-state index < -0.39 is 0 Å². The minimum Gasteiger partial charge on any atom is -0.343 e. The number of likely N-dealkylation sites (N-methyl/N-ethyl adjacent to an activating group) is 1. The van der Waals surface area contributed by atoms with Crippen LogP contribution in [0.25, 0.3) is 16.5 Å². The molecular weight excluding hydrogens is 400 g/mol. The van der Waals surface area contributed by atoms with Crippen LogP contribution < -0.4 is 0 Å². The van der Waals surface area contributed by atoms with Crippen molar-refractivity contribution in [3.05, 3.63) is 71.7 Å². The van der Waals surface area contributed by atoms with Crippen molar-refractivity contribution in [2.75, 3.05) is 26.7 Å². The summed E-state index contributed by atoms with van der Waals surface area (Å²) in [5.74, 6) is -0.0366.